The van der Waals surface area contributed by atoms with Crippen LogP contribution in [0.2, 0.25) is 0 Å². The molecule has 6 aromatic rings. The Balaban J connectivity index is 0.715. The number of aromatic nitrogens is 2. The largest absolute Gasteiger partial charge is 0.379 e. The Hall–Kier alpha value is -8.10. The number of hydrogen-bond donors (Lipinski definition) is 3. The minimum atomic E-state index is -1.76. The number of ether oxygens (including phenoxy) is 6. The van der Waals surface area contributed by atoms with Crippen molar-refractivity contribution in [3.8, 4) is 17.4 Å². The normalized spacial score (nSPS) is 11.8. The van der Waals surface area contributed by atoms with Crippen LogP contribution in [-0.2, 0) is 54.8 Å². The van der Waals surface area contributed by atoms with Crippen molar-refractivity contribution >= 4 is 50.8 Å². The number of nitrogens with zero attached hydrogens (tertiary/aromatic N) is 4. The molecule has 478 valence electrons. The molecule has 0 radical (unpaired) electrons. The number of Topliss-reactive ketones (excluding diaryl/α,β-unsaturated/α-hetero) is 2. The van der Waals surface area contributed by atoms with E-state index in [1.165, 1.54) is 21.3 Å². The van der Waals surface area contributed by atoms with Gasteiger partial charge in [-0.25, -0.2) is 18.1 Å². The summed E-state index contributed by atoms with van der Waals surface area (Å²) in [6.45, 7) is 18.9. The molecule has 0 spiro atoms. The number of ketones is 2. The van der Waals surface area contributed by atoms with Crippen molar-refractivity contribution in [3.63, 3.8) is 0 Å². The molecule has 6 rings (SSSR count). The number of unbranched alkanes of at least 4 members (excludes halogenated alkanes) is 2. The monoisotopic (exact) mass is 1270 g/mol. The summed E-state index contributed by atoms with van der Waals surface area (Å²) in [5.74, 6) is -0.856. The second-order valence-corrected chi connectivity index (χ2v) is 23.7. The van der Waals surface area contributed by atoms with Crippen molar-refractivity contribution in [2.24, 2.45) is 0 Å². The van der Waals surface area contributed by atoms with Crippen LogP contribution in [0.3, 0.4) is 0 Å². The van der Waals surface area contributed by atoms with Gasteiger partial charge in [0.15, 0.2) is 11.5 Å². The minimum absolute atomic E-state index is 0.0460. The SMILES string of the molecule is [C-]#[N+]c1ccc(S(=O)c2cc(C(=O)NCCOCCOCCOCCNC(=O)NCCCCCC(=O)CCCOCCOCCOCCCC(=O)c3cc(S(=O)c4ccc(C#N)cc4)c(C)n(-c4cccc(C)c4)c3=O)c(=O)n(-c3cccc(C)c3)c2C)cc1. The van der Waals surface area contributed by atoms with E-state index in [2.05, 4.69) is 20.8 Å². The molecule has 2 atom stereocenters. The quantitative estimate of drug-likeness (QED) is 0.0185. The lowest BCUT2D eigenvalue weighted by Crippen LogP contribution is -2.37. The fourth-order valence-corrected chi connectivity index (χ4v) is 11.8. The molecule has 3 amide bonds. The van der Waals surface area contributed by atoms with E-state index in [9.17, 15) is 42.4 Å². The van der Waals surface area contributed by atoms with E-state index in [1.807, 2.05) is 50.2 Å². The Bertz CT molecular complexity index is 3400. The first-order chi connectivity index (χ1) is 43.6. The number of nitrogens with one attached hydrogen (secondary N) is 3. The van der Waals surface area contributed by atoms with Crippen LogP contribution >= 0.6 is 0 Å². The van der Waals surface area contributed by atoms with Gasteiger partial charge in [-0.1, -0.05) is 55.0 Å². The molecule has 90 heavy (non-hydrogen) atoms. The van der Waals surface area contributed by atoms with Crippen LogP contribution in [0.4, 0.5) is 10.5 Å². The first kappa shape index (κ1) is 71.0. The van der Waals surface area contributed by atoms with Gasteiger partial charge in [-0.2, -0.15) is 5.26 Å². The maximum atomic E-state index is 13.8. The van der Waals surface area contributed by atoms with Gasteiger partial charge in [-0.05, 0) is 125 Å². The topological polar surface area (TPSA) is 266 Å². The Kier molecular flexibility index (Phi) is 30.3. The highest BCUT2D eigenvalue weighted by Crippen LogP contribution is 2.26. The predicted octanol–water partition coefficient (Wildman–Crippen LogP) is 8.68. The highest BCUT2D eigenvalue weighted by Gasteiger charge is 2.24. The van der Waals surface area contributed by atoms with Gasteiger partial charge in [0.25, 0.3) is 17.0 Å². The number of nitriles is 1. The van der Waals surface area contributed by atoms with Crippen molar-refractivity contribution < 1.29 is 56.0 Å². The lowest BCUT2D eigenvalue weighted by Gasteiger charge is -2.17. The highest BCUT2D eigenvalue weighted by atomic mass is 32.2. The molecule has 0 aliphatic carbocycles. The molecule has 0 aliphatic rings. The van der Waals surface area contributed by atoms with Crippen LogP contribution in [0.1, 0.15) is 100 Å². The van der Waals surface area contributed by atoms with Crippen LogP contribution in [0.5, 0.6) is 0 Å². The van der Waals surface area contributed by atoms with Crippen molar-refractivity contribution in [2.75, 3.05) is 98.9 Å². The Morgan fingerprint density at radius 3 is 1.47 bits per heavy atom. The fourth-order valence-electron chi connectivity index (χ4n) is 9.31. The summed E-state index contributed by atoms with van der Waals surface area (Å²) in [5.41, 5.74) is 3.32. The van der Waals surface area contributed by atoms with E-state index in [0.29, 0.717) is 140 Å². The van der Waals surface area contributed by atoms with Crippen LogP contribution in [-0.4, -0.2) is 140 Å². The zero-order valence-corrected chi connectivity index (χ0v) is 53.1. The number of urea groups is 1. The van der Waals surface area contributed by atoms with Crippen LogP contribution < -0.4 is 27.1 Å². The Morgan fingerprint density at radius 1 is 0.511 bits per heavy atom. The van der Waals surface area contributed by atoms with E-state index in [4.69, 9.17) is 35.0 Å². The Morgan fingerprint density at radius 2 is 0.956 bits per heavy atom. The zero-order chi connectivity index (χ0) is 64.6. The summed E-state index contributed by atoms with van der Waals surface area (Å²) in [7, 11) is -3.49. The molecule has 23 heteroatoms. The van der Waals surface area contributed by atoms with E-state index >= 15 is 0 Å². The molecule has 21 nitrogen and oxygen atoms in total. The molecule has 0 saturated carbocycles. The summed E-state index contributed by atoms with van der Waals surface area (Å²) < 4.78 is 64.0. The highest BCUT2D eigenvalue weighted by molar-refractivity contribution is 7.85. The average Bonchev–Trinajstić information content (AvgIpc) is 0.804. The summed E-state index contributed by atoms with van der Waals surface area (Å²) in [5, 5.41) is 17.5. The molecule has 0 aliphatic heterocycles. The molecule has 0 bridgehead atoms. The molecular formula is C67H79N7O14S2. The van der Waals surface area contributed by atoms with Gasteiger partial charge in [-0.15, -0.1) is 0 Å². The molecule has 3 N–H and O–H groups in total. The van der Waals surface area contributed by atoms with Gasteiger partial charge < -0.3 is 44.4 Å². The number of amides is 3. The van der Waals surface area contributed by atoms with Gasteiger partial charge in [0.05, 0.1) is 121 Å². The lowest BCUT2D eigenvalue weighted by atomic mass is 10.1. The Labute approximate surface area is 530 Å². The third kappa shape index (κ3) is 22.4. The van der Waals surface area contributed by atoms with Gasteiger partial charge in [0, 0.05) is 84.7 Å². The van der Waals surface area contributed by atoms with Crippen LogP contribution in [0.25, 0.3) is 16.2 Å². The standard InChI is InChI=1S/C67H79N7O14S2/c1-48-13-9-15-54(43-48)73-50(3)62(89(81)57-24-20-52(47-68)21-25-57)45-59(65(73)78)61(76)19-12-32-84-36-40-87-39-35-83-31-11-18-56(75)17-7-6-8-28-71-67(80)72-30-34-86-38-42-88-41-37-85-33-29-70-64(77)60-46-63(90(82)58-26-22-53(69-5)23-27-58)51(4)74(66(60)79)55-16-10-14-49(2)44-55/h9-10,13-16,20-27,43-46H,6-8,11-12,17-19,28-42H2,1-4H3,(H,70,77)(H2,71,72,80). The summed E-state index contributed by atoms with van der Waals surface area (Å²) in [4.78, 5) is 83.9. The third-order valence-electron chi connectivity index (χ3n) is 14.1. The van der Waals surface area contributed by atoms with Gasteiger partial charge >= 0.3 is 6.03 Å². The smallest absolute Gasteiger partial charge is 0.314 e. The number of aryl methyl sites for hydroxylation is 2. The van der Waals surface area contributed by atoms with Gasteiger partial charge in [0.2, 0.25) is 0 Å². The fraction of sp³-hybridized carbons (Fsp3) is 0.403. The molecule has 4 aromatic carbocycles. The van der Waals surface area contributed by atoms with Gasteiger partial charge in [0.1, 0.15) is 11.3 Å². The molecule has 2 aromatic heterocycles. The average molecular weight is 1270 g/mol. The van der Waals surface area contributed by atoms with Crippen molar-refractivity contribution in [1.29, 1.82) is 5.26 Å². The third-order valence-corrected chi connectivity index (χ3v) is 17.1. The van der Waals surface area contributed by atoms with Crippen molar-refractivity contribution in [2.45, 2.75) is 98.6 Å². The van der Waals surface area contributed by atoms with Gasteiger partial charge in [-0.3, -0.25) is 33.1 Å². The number of rotatable bonds is 40. The van der Waals surface area contributed by atoms with Crippen LogP contribution in [0.15, 0.2) is 138 Å². The van der Waals surface area contributed by atoms with Crippen molar-refractivity contribution in [3.05, 3.63) is 181 Å². The number of hydrogen-bond acceptors (Lipinski definition) is 15. The van der Waals surface area contributed by atoms with Crippen LogP contribution in [0, 0.1) is 45.6 Å². The van der Waals surface area contributed by atoms with E-state index < -0.39 is 38.6 Å². The second-order valence-electron chi connectivity index (χ2n) is 20.8. The number of benzene rings is 4. The summed E-state index contributed by atoms with van der Waals surface area (Å²) >= 11 is 0. The first-order valence-corrected chi connectivity index (χ1v) is 32.2. The van der Waals surface area contributed by atoms with Crippen molar-refractivity contribution in [1.82, 2.24) is 25.1 Å². The number of carbonyl (C=O) groups excluding carboxylic acids is 4. The molecule has 2 unspecified atom stereocenters. The maximum Gasteiger partial charge on any atom is 0.314 e. The predicted molar refractivity (Wildman–Crippen MR) is 341 cm³/mol. The second kappa shape index (κ2) is 38.4. The van der Waals surface area contributed by atoms with E-state index in [-0.39, 0.29) is 73.0 Å². The minimum Gasteiger partial charge on any atom is -0.379 e. The number of carbonyl (C=O) groups is 4. The maximum absolute atomic E-state index is 13.8. The molecule has 0 fully saturated rings. The molecular weight excluding hydrogens is 1190 g/mol. The molecule has 2 heterocycles. The van der Waals surface area contributed by atoms with E-state index in [1.54, 1.807) is 80.6 Å². The zero-order valence-electron chi connectivity index (χ0n) is 51.5. The first-order valence-electron chi connectivity index (χ1n) is 29.9. The summed E-state index contributed by atoms with van der Waals surface area (Å²) in [6.07, 6.45) is 4.18. The molecule has 0 saturated heterocycles. The number of pyridine rings is 2. The summed E-state index contributed by atoms with van der Waals surface area (Å²) in [6, 6.07) is 31.8. The lowest BCUT2D eigenvalue weighted by molar-refractivity contribution is -0.119. The van der Waals surface area contributed by atoms with E-state index in [0.717, 1.165) is 30.4 Å².